The Hall–Kier alpha value is -2.65. The first-order valence-corrected chi connectivity index (χ1v) is 8.98. The Morgan fingerprint density at radius 1 is 1.04 bits per heavy atom. The average molecular weight is 381 g/mol. The highest BCUT2D eigenvalue weighted by atomic mass is 32.2. The van der Waals surface area contributed by atoms with Gasteiger partial charge in [0, 0.05) is 11.1 Å². The van der Waals surface area contributed by atoms with E-state index >= 15 is 0 Å². The van der Waals surface area contributed by atoms with Crippen molar-refractivity contribution in [3.05, 3.63) is 59.9 Å². The van der Waals surface area contributed by atoms with Crippen LogP contribution in [0.3, 0.4) is 0 Å². The van der Waals surface area contributed by atoms with Crippen LogP contribution >= 0.6 is 0 Å². The second-order valence-electron chi connectivity index (χ2n) is 5.75. The maximum atomic E-state index is 13.1. The highest BCUT2D eigenvalue weighted by Crippen LogP contribution is 2.36. The molecule has 3 rings (SSSR count). The number of H-pyrrole nitrogens is 1. The van der Waals surface area contributed by atoms with Crippen LogP contribution in [0.15, 0.2) is 53.4 Å². The molecule has 0 aliphatic heterocycles. The van der Waals surface area contributed by atoms with Crippen LogP contribution in [0.25, 0.3) is 22.5 Å². The van der Waals surface area contributed by atoms with Crippen LogP contribution in [0.2, 0.25) is 0 Å². The number of aryl methyl sites for hydroxylation is 1. The van der Waals surface area contributed by atoms with Gasteiger partial charge >= 0.3 is 6.18 Å². The van der Waals surface area contributed by atoms with Crippen molar-refractivity contribution in [2.45, 2.75) is 18.0 Å². The number of imidazole rings is 1. The van der Waals surface area contributed by atoms with Gasteiger partial charge in [0.1, 0.15) is 0 Å². The van der Waals surface area contributed by atoms with E-state index in [1.807, 2.05) is 13.0 Å². The van der Waals surface area contributed by atoms with E-state index in [-0.39, 0.29) is 16.3 Å². The number of nitrogens with zero attached hydrogens (tertiary/aromatic N) is 1. The molecule has 9 heteroatoms. The molecule has 0 fully saturated rings. The molecule has 1 aromatic heterocycles. The summed E-state index contributed by atoms with van der Waals surface area (Å²) in [4.78, 5) is 5.88. The molecule has 0 aliphatic carbocycles. The van der Waals surface area contributed by atoms with Crippen molar-refractivity contribution in [3.8, 4) is 22.5 Å². The molecule has 2 aromatic carbocycles. The molecule has 0 saturated heterocycles. The van der Waals surface area contributed by atoms with Gasteiger partial charge in [0.2, 0.25) is 15.8 Å². The number of sulfonamides is 1. The SMILES string of the molecule is Cc1cccc(-c2nc(C(F)(F)F)[nH]c2-c2ccc(S(N)(=O)=O)cc2)c1. The molecule has 0 unspecified atom stereocenters. The van der Waals surface area contributed by atoms with Crippen molar-refractivity contribution in [1.82, 2.24) is 9.97 Å². The topological polar surface area (TPSA) is 88.8 Å². The fraction of sp³-hybridized carbons (Fsp3) is 0.118. The monoisotopic (exact) mass is 381 g/mol. The van der Waals surface area contributed by atoms with Crippen molar-refractivity contribution in [1.29, 1.82) is 0 Å². The first-order chi connectivity index (χ1) is 12.1. The van der Waals surface area contributed by atoms with Crippen molar-refractivity contribution in [3.63, 3.8) is 0 Å². The van der Waals surface area contributed by atoms with Gasteiger partial charge < -0.3 is 4.98 Å². The molecule has 3 N–H and O–H groups in total. The van der Waals surface area contributed by atoms with Gasteiger partial charge in [-0.05, 0) is 25.1 Å². The van der Waals surface area contributed by atoms with Crippen LogP contribution in [-0.2, 0) is 16.2 Å². The number of alkyl halides is 3. The summed E-state index contributed by atoms with van der Waals surface area (Å²) in [6, 6.07) is 12.2. The Morgan fingerprint density at radius 2 is 1.69 bits per heavy atom. The summed E-state index contributed by atoms with van der Waals surface area (Å²) >= 11 is 0. The van der Waals surface area contributed by atoms with Gasteiger partial charge in [-0.2, -0.15) is 13.2 Å². The standard InChI is InChI=1S/C17H14F3N3O2S/c1-10-3-2-4-12(9-10)15-14(22-16(23-15)17(18,19)20)11-5-7-13(8-6-11)26(21,24)25/h2-9H,1H3,(H,22,23)(H2,21,24,25). The van der Waals surface area contributed by atoms with E-state index in [0.29, 0.717) is 11.1 Å². The van der Waals surface area contributed by atoms with Crippen molar-refractivity contribution in [2.75, 3.05) is 0 Å². The van der Waals surface area contributed by atoms with E-state index in [4.69, 9.17) is 5.14 Å². The lowest BCUT2D eigenvalue weighted by Crippen LogP contribution is -2.11. The highest BCUT2D eigenvalue weighted by molar-refractivity contribution is 7.89. The minimum atomic E-state index is -4.64. The zero-order valence-corrected chi connectivity index (χ0v) is 14.3. The fourth-order valence-corrected chi connectivity index (χ4v) is 3.04. The summed E-state index contributed by atoms with van der Waals surface area (Å²) in [6.07, 6.45) is -4.64. The van der Waals surface area contributed by atoms with Gasteiger partial charge in [-0.1, -0.05) is 35.9 Å². The number of aromatic nitrogens is 2. The Labute approximate surface area is 147 Å². The Morgan fingerprint density at radius 3 is 2.23 bits per heavy atom. The maximum Gasteiger partial charge on any atom is 0.449 e. The molecular formula is C17H14F3N3O2S. The van der Waals surface area contributed by atoms with Crippen LogP contribution in [0, 0.1) is 6.92 Å². The smallest absolute Gasteiger partial charge is 0.334 e. The van der Waals surface area contributed by atoms with Crippen LogP contribution in [0.5, 0.6) is 0 Å². The first kappa shape index (κ1) is 18.2. The maximum absolute atomic E-state index is 13.1. The lowest BCUT2D eigenvalue weighted by atomic mass is 10.0. The number of nitrogens with two attached hydrogens (primary N) is 1. The number of aromatic amines is 1. The molecule has 26 heavy (non-hydrogen) atoms. The minimum absolute atomic E-state index is 0.129. The van der Waals surface area contributed by atoms with Crippen molar-refractivity contribution >= 4 is 10.0 Å². The molecule has 0 spiro atoms. The summed E-state index contributed by atoms with van der Waals surface area (Å²) in [6.45, 7) is 1.82. The molecule has 0 radical (unpaired) electrons. The zero-order chi connectivity index (χ0) is 19.1. The molecule has 0 atom stereocenters. The number of hydrogen-bond acceptors (Lipinski definition) is 3. The number of rotatable bonds is 3. The van der Waals surface area contributed by atoms with Gasteiger partial charge in [0.15, 0.2) is 0 Å². The quantitative estimate of drug-likeness (QED) is 0.725. The van der Waals surface area contributed by atoms with Crippen LogP contribution < -0.4 is 5.14 Å². The molecule has 1 heterocycles. The van der Waals surface area contributed by atoms with Crippen molar-refractivity contribution < 1.29 is 21.6 Å². The van der Waals surface area contributed by atoms with Gasteiger partial charge in [0.05, 0.1) is 16.3 Å². The summed E-state index contributed by atoms with van der Waals surface area (Å²) in [5, 5.41) is 5.05. The van der Waals surface area contributed by atoms with E-state index in [1.165, 1.54) is 24.3 Å². The number of halogens is 3. The van der Waals surface area contributed by atoms with Crippen molar-refractivity contribution in [2.24, 2.45) is 5.14 Å². The highest BCUT2D eigenvalue weighted by Gasteiger charge is 2.36. The molecule has 3 aromatic rings. The molecule has 5 nitrogen and oxygen atoms in total. The third-order valence-electron chi connectivity index (χ3n) is 3.74. The number of benzene rings is 2. The predicted molar refractivity (Wildman–Crippen MR) is 90.6 cm³/mol. The van der Waals surface area contributed by atoms with E-state index in [9.17, 15) is 21.6 Å². The van der Waals surface area contributed by atoms with Crippen LogP contribution in [0.1, 0.15) is 11.4 Å². The molecule has 0 aliphatic rings. The fourth-order valence-electron chi connectivity index (χ4n) is 2.53. The molecular weight excluding hydrogens is 367 g/mol. The third kappa shape index (κ3) is 3.63. The summed E-state index contributed by atoms with van der Waals surface area (Å²) in [5.74, 6) is -1.13. The van der Waals surface area contributed by atoms with Gasteiger partial charge in [0.25, 0.3) is 0 Å². The second-order valence-corrected chi connectivity index (χ2v) is 7.31. The molecule has 0 amide bonds. The average Bonchev–Trinajstić information content (AvgIpc) is 3.00. The minimum Gasteiger partial charge on any atom is -0.334 e. The Kier molecular flexibility index (Phi) is 4.37. The summed E-state index contributed by atoms with van der Waals surface area (Å²) in [7, 11) is -3.89. The molecule has 0 bridgehead atoms. The zero-order valence-electron chi connectivity index (χ0n) is 13.5. The first-order valence-electron chi connectivity index (χ1n) is 7.43. The second kappa shape index (κ2) is 6.26. The normalized spacial score (nSPS) is 12.3. The van der Waals surface area contributed by atoms with Crippen LogP contribution in [0.4, 0.5) is 13.2 Å². The Balaban J connectivity index is 2.18. The Bertz CT molecular complexity index is 1060. The molecule has 136 valence electrons. The van der Waals surface area contributed by atoms with E-state index in [1.54, 1.807) is 18.2 Å². The van der Waals surface area contributed by atoms with E-state index in [2.05, 4.69) is 9.97 Å². The number of hydrogen-bond donors (Lipinski definition) is 2. The van der Waals surface area contributed by atoms with Crippen LogP contribution in [-0.4, -0.2) is 18.4 Å². The summed E-state index contributed by atoms with van der Waals surface area (Å²) in [5.41, 5.74) is 2.02. The largest absolute Gasteiger partial charge is 0.449 e. The number of primary sulfonamides is 1. The molecule has 0 saturated carbocycles. The lowest BCUT2D eigenvalue weighted by Gasteiger charge is -2.05. The number of nitrogens with one attached hydrogen (secondary N) is 1. The summed E-state index contributed by atoms with van der Waals surface area (Å²) < 4.78 is 62.1. The van der Waals surface area contributed by atoms with E-state index < -0.39 is 22.0 Å². The van der Waals surface area contributed by atoms with E-state index in [0.717, 1.165) is 5.56 Å². The van der Waals surface area contributed by atoms with Gasteiger partial charge in [-0.15, -0.1) is 0 Å². The van der Waals surface area contributed by atoms with Gasteiger partial charge in [-0.3, -0.25) is 0 Å². The predicted octanol–water partition coefficient (Wildman–Crippen LogP) is 3.72. The van der Waals surface area contributed by atoms with Gasteiger partial charge in [-0.25, -0.2) is 18.5 Å². The third-order valence-corrected chi connectivity index (χ3v) is 4.66. The lowest BCUT2D eigenvalue weighted by molar-refractivity contribution is -0.144.